The van der Waals surface area contributed by atoms with E-state index in [1.807, 2.05) is 12.4 Å². The van der Waals surface area contributed by atoms with E-state index in [2.05, 4.69) is 41.2 Å². The van der Waals surface area contributed by atoms with Crippen LogP contribution in [0, 0.1) is 0 Å². The molecule has 1 aliphatic rings. The van der Waals surface area contributed by atoms with E-state index in [4.69, 9.17) is 4.74 Å². The van der Waals surface area contributed by atoms with E-state index in [-0.39, 0.29) is 0 Å². The second-order valence-corrected chi connectivity index (χ2v) is 8.51. The number of rotatable bonds is 12. The Balaban J connectivity index is 1.37. The second kappa shape index (κ2) is 12.6. The van der Waals surface area contributed by atoms with Gasteiger partial charge in [-0.15, -0.1) is 0 Å². The Bertz CT molecular complexity index is 675. The van der Waals surface area contributed by atoms with Crippen LogP contribution < -0.4 is 4.74 Å². The standard InChI is InChI=1S/C26H38N2O/c1-2-3-4-5-6-7-8-12-19-29-25-17-15-22(16-18-25)24-20-27-26(28-21-24)23-13-10-9-11-14-23/h15-18,20-21,23H,2-14,19H2,1H3. The van der Waals surface area contributed by atoms with Gasteiger partial charge in [-0.05, 0) is 37.0 Å². The predicted octanol–water partition coefficient (Wildman–Crippen LogP) is 7.71. The zero-order valence-electron chi connectivity index (χ0n) is 18.2. The summed E-state index contributed by atoms with van der Waals surface area (Å²) in [6.45, 7) is 3.08. The van der Waals surface area contributed by atoms with E-state index in [9.17, 15) is 0 Å². The maximum Gasteiger partial charge on any atom is 0.131 e. The summed E-state index contributed by atoms with van der Waals surface area (Å²) in [5.41, 5.74) is 2.24. The Morgan fingerprint density at radius 1 is 0.759 bits per heavy atom. The average molecular weight is 395 g/mol. The van der Waals surface area contributed by atoms with Gasteiger partial charge in [0.1, 0.15) is 11.6 Å². The molecule has 1 heterocycles. The van der Waals surface area contributed by atoms with Crippen LogP contribution in [-0.4, -0.2) is 16.6 Å². The van der Waals surface area contributed by atoms with Crippen LogP contribution in [0.4, 0.5) is 0 Å². The maximum atomic E-state index is 5.91. The lowest BCUT2D eigenvalue weighted by molar-refractivity contribution is 0.304. The zero-order valence-corrected chi connectivity index (χ0v) is 18.2. The van der Waals surface area contributed by atoms with Crippen LogP contribution in [0.5, 0.6) is 5.75 Å². The lowest BCUT2D eigenvalue weighted by atomic mass is 9.88. The highest BCUT2D eigenvalue weighted by atomic mass is 16.5. The molecule has 0 aliphatic heterocycles. The minimum absolute atomic E-state index is 0.560. The summed E-state index contributed by atoms with van der Waals surface area (Å²) in [4.78, 5) is 9.32. The van der Waals surface area contributed by atoms with Gasteiger partial charge in [-0.3, -0.25) is 0 Å². The molecule has 0 saturated heterocycles. The van der Waals surface area contributed by atoms with Crippen LogP contribution >= 0.6 is 0 Å². The molecule has 0 amide bonds. The molecule has 1 aromatic carbocycles. The number of ether oxygens (including phenoxy) is 1. The third-order valence-corrected chi connectivity index (χ3v) is 6.10. The van der Waals surface area contributed by atoms with Gasteiger partial charge < -0.3 is 4.74 Å². The minimum atomic E-state index is 0.560. The van der Waals surface area contributed by atoms with Crippen molar-refractivity contribution in [3.63, 3.8) is 0 Å². The lowest BCUT2D eigenvalue weighted by Gasteiger charge is -2.20. The fraction of sp³-hybridized carbons (Fsp3) is 0.615. The summed E-state index contributed by atoms with van der Waals surface area (Å²) in [6, 6.07) is 8.36. The molecule has 3 nitrogen and oxygen atoms in total. The topological polar surface area (TPSA) is 35.0 Å². The van der Waals surface area contributed by atoms with Gasteiger partial charge in [-0.1, -0.05) is 83.3 Å². The van der Waals surface area contributed by atoms with Gasteiger partial charge in [-0.2, -0.15) is 0 Å². The first kappa shape index (κ1) is 21.8. The number of hydrogen-bond donors (Lipinski definition) is 0. The SMILES string of the molecule is CCCCCCCCCCOc1ccc(-c2cnc(C3CCCCC3)nc2)cc1. The van der Waals surface area contributed by atoms with Crippen LogP contribution in [0.2, 0.25) is 0 Å². The monoisotopic (exact) mass is 394 g/mol. The Morgan fingerprint density at radius 3 is 2.03 bits per heavy atom. The molecule has 1 aromatic heterocycles. The number of benzene rings is 1. The summed E-state index contributed by atoms with van der Waals surface area (Å²) in [6.07, 6.45) is 21.1. The van der Waals surface area contributed by atoms with E-state index >= 15 is 0 Å². The van der Waals surface area contributed by atoms with E-state index in [0.717, 1.165) is 35.7 Å². The van der Waals surface area contributed by atoms with Gasteiger partial charge in [0.2, 0.25) is 0 Å². The van der Waals surface area contributed by atoms with Crippen molar-refractivity contribution in [2.75, 3.05) is 6.61 Å². The molecule has 1 aliphatic carbocycles. The quantitative estimate of drug-likeness (QED) is 0.346. The van der Waals surface area contributed by atoms with Crippen molar-refractivity contribution in [2.24, 2.45) is 0 Å². The maximum absolute atomic E-state index is 5.91. The fourth-order valence-electron chi connectivity index (χ4n) is 4.23. The molecule has 0 unspecified atom stereocenters. The van der Waals surface area contributed by atoms with Crippen molar-refractivity contribution in [1.82, 2.24) is 9.97 Å². The van der Waals surface area contributed by atoms with Gasteiger partial charge in [0, 0.05) is 23.9 Å². The number of nitrogens with zero attached hydrogens (tertiary/aromatic N) is 2. The zero-order chi connectivity index (χ0) is 20.2. The smallest absolute Gasteiger partial charge is 0.131 e. The highest BCUT2D eigenvalue weighted by molar-refractivity contribution is 5.62. The number of hydrogen-bond acceptors (Lipinski definition) is 3. The molecule has 1 fully saturated rings. The molecule has 0 bridgehead atoms. The van der Waals surface area contributed by atoms with Gasteiger partial charge in [0.05, 0.1) is 6.61 Å². The molecule has 2 aromatic rings. The molecule has 1 saturated carbocycles. The number of aromatic nitrogens is 2. The third-order valence-electron chi connectivity index (χ3n) is 6.10. The van der Waals surface area contributed by atoms with Gasteiger partial charge in [-0.25, -0.2) is 9.97 Å². The molecule has 3 heteroatoms. The first-order chi connectivity index (χ1) is 14.4. The molecular weight excluding hydrogens is 356 g/mol. The summed E-state index contributed by atoms with van der Waals surface area (Å²) in [5.74, 6) is 2.54. The lowest BCUT2D eigenvalue weighted by Crippen LogP contribution is -2.08. The fourth-order valence-corrected chi connectivity index (χ4v) is 4.23. The average Bonchev–Trinajstić information content (AvgIpc) is 2.79. The van der Waals surface area contributed by atoms with E-state index in [1.54, 1.807) is 0 Å². The molecule has 3 rings (SSSR count). The first-order valence-electron chi connectivity index (χ1n) is 11.9. The normalized spacial score (nSPS) is 14.8. The minimum Gasteiger partial charge on any atom is -0.494 e. The Labute approximate surface area is 177 Å². The van der Waals surface area contributed by atoms with Gasteiger partial charge >= 0.3 is 0 Å². The molecule has 0 spiro atoms. The number of unbranched alkanes of at least 4 members (excludes halogenated alkanes) is 7. The Kier molecular flexibility index (Phi) is 9.49. The van der Waals surface area contributed by atoms with Crippen molar-refractivity contribution < 1.29 is 4.74 Å². The molecule has 0 atom stereocenters. The van der Waals surface area contributed by atoms with Crippen LogP contribution in [-0.2, 0) is 0 Å². The predicted molar refractivity (Wildman–Crippen MR) is 121 cm³/mol. The summed E-state index contributed by atoms with van der Waals surface area (Å²) < 4.78 is 5.91. The van der Waals surface area contributed by atoms with Crippen LogP contribution in [0.3, 0.4) is 0 Å². The Morgan fingerprint density at radius 2 is 1.38 bits per heavy atom. The molecule has 158 valence electrons. The largest absolute Gasteiger partial charge is 0.494 e. The van der Waals surface area contributed by atoms with Crippen LogP contribution in [0.15, 0.2) is 36.7 Å². The van der Waals surface area contributed by atoms with Gasteiger partial charge in [0.25, 0.3) is 0 Å². The van der Waals surface area contributed by atoms with Crippen molar-refractivity contribution in [3.8, 4) is 16.9 Å². The van der Waals surface area contributed by atoms with Crippen LogP contribution in [0.25, 0.3) is 11.1 Å². The summed E-state index contributed by atoms with van der Waals surface area (Å²) >= 11 is 0. The van der Waals surface area contributed by atoms with Crippen molar-refractivity contribution in [1.29, 1.82) is 0 Å². The first-order valence-corrected chi connectivity index (χ1v) is 11.9. The third kappa shape index (κ3) is 7.45. The highest BCUT2D eigenvalue weighted by Crippen LogP contribution is 2.31. The van der Waals surface area contributed by atoms with Gasteiger partial charge in [0.15, 0.2) is 0 Å². The Hall–Kier alpha value is -1.90. The van der Waals surface area contributed by atoms with Crippen molar-refractivity contribution >= 4 is 0 Å². The van der Waals surface area contributed by atoms with Crippen LogP contribution in [0.1, 0.15) is 102 Å². The van der Waals surface area contributed by atoms with Crippen molar-refractivity contribution in [3.05, 3.63) is 42.5 Å². The summed E-state index contributed by atoms with van der Waals surface area (Å²) in [7, 11) is 0. The molecule has 0 radical (unpaired) electrons. The second-order valence-electron chi connectivity index (χ2n) is 8.51. The van der Waals surface area contributed by atoms with E-state index < -0.39 is 0 Å². The molecule has 29 heavy (non-hydrogen) atoms. The highest BCUT2D eigenvalue weighted by Gasteiger charge is 2.17. The molecular formula is C26H38N2O. The summed E-state index contributed by atoms with van der Waals surface area (Å²) in [5, 5.41) is 0. The van der Waals surface area contributed by atoms with Crippen molar-refractivity contribution in [2.45, 2.75) is 96.3 Å². The molecule has 0 N–H and O–H groups in total. The van der Waals surface area contributed by atoms with E-state index in [1.165, 1.54) is 77.0 Å². The van der Waals surface area contributed by atoms with E-state index in [0.29, 0.717) is 5.92 Å².